The van der Waals surface area contributed by atoms with Gasteiger partial charge in [-0.3, -0.25) is 4.79 Å². The summed E-state index contributed by atoms with van der Waals surface area (Å²) in [6.45, 7) is 7.45. The van der Waals surface area contributed by atoms with E-state index in [1.807, 2.05) is 6.07 Å². The standard InChI is InChI=1S/C20H26ClN5O3/c1-20(2,29-16-5-3-15(21)4-6-16)19(27)23-8-7-22-17-13-18(25-14-24-17)26-9-11-28-12-10-26/h3-6,13-14H,7-12H2,1-2H3,(H,23,27)(H,22,24,25). The maximum absolute atomic E-state index is 12.5. The van der Waals surface area contributed by atoms with Crippen molar-refractivity contribution in [3.63, 3.8) is 0 Å². The minimum absolute atomic E-state index is 0.203. The lowest BCUT2D eigenvalue weighted by Gasteiger charge is -2.27. The zero-order valence-corrected chi connectivity index (χ0v) is 17.4. The highest BCUT2D eigenvalue weighted by Crippen LogP contribution is 2.21. The molecular formula is C20H26ClN5O3. The number of carbonyl (C=O) groups is 1. The van der Waals surface area contributed by atoms with Crippen LogP contribution in [-0.2, 0) is 9.53 Å². The van der Waals surface area contributed by atoms with Crippen LogP contribution in [0, 0.1) is 0 Å². The highest BCUT2D eigenvalue weighted by Gasteiger charge is 2.29. The van der Waals surface area contributed by atoms with Gasteiger partial charge in [0.05, 0.1) is 13.2 Å². The van der Waals surface area contributed by atoms with Crippen LogP contribution >= 0.6 is 11.6 Å². The molecule has 8 nitrogen and oxygen atoms in total. The first kappa shape index (κ1) is 21.1. The van der Waals surface area contributed by atoms with Crippen molar-refractivity contribution in [1.82, 2.24) is 15.3 Å². The first-order valence-electron chi connectivity index (χ1n) is 9.55. The van der Waals surface area contributed by atoms with Crippen LogP contribution in [-0.4, -0.2) is 60.9 Å². The zero-order chi connectivity index (χ0) is 20.7. The summed E-state index contributed by atoms with van der Waals surface area (Å²) in [7, 11) is 0. The molecule has 2 aromatic rings. The smallest absolute Gasteiger partial charge is 0.263 e. The van der Waals surface area contributed by atoms with Crippen molar-refractivity contribution in [2.45, 2.75) is 19.4 Å². The Labute approximate surface area is 175 Å². The van der Waals surface area contributed by atoms with Crippen molar-refractivity contribution >= 4 is 29.1 Å². The molecule has 1 aliphatic heterocycles. The van der Waals surface area contributed by atoms with Gasteiger partial charge in [0.25, 0.3) is 5.91 Å². The molecule has 156 valence electrons. The second-order valence-electron chi connectivity index (χ2n) is 7.11. The highest BCUT2D eigenvalue weighted by molar-refractivity contribution is 6.30. The Morgan fingerprint density at radius 2 is 1.93 bits per heavy atom. The number of rotatable bonds is 8. The van der Waals surface area contributed by atoms with Crippen LogP contribution in [0.5, 0.6) is 5.75 Å². The van der Waals surface area contributed by atoms with Gasteiger partial charge in [0, 0.05) is 37.3 Å². The van der Waals surface area contributed by atoms with E-state index in [0.29, 0.717) is 42.9 Å². The molecule has 0 bridgehead atoms. The zero-order valence-electron chi connectivity index (χ0n) is 16.7. The summed E-state index contributed by atoms with van der Waals surface area (Å²) in [5, 5.41) is 6.71. The van der Waals surface area contributed by atoms with Gasteiger partial charge in [0.2, 0.25) is 0 Å². The van der Waals surface area contributed by atoms with Crippen LogP contribution in [0.1, 0.15) is 13.8 Å². The first-order chi connectivity index (χ1) is 13.9. The van der Waals surface area contributed by atoms with Gasteiger partial charge in [0.1, 0.15) is 23.7 Å². The monoisotopic (exact) mass is 419 g/mol. The van der Waals surface area contributed by atoms with Gasteiger partial charge in [-0.1, -0.05) is 11.6 Å². The molecule has 29 heavy (non-hydrogen) atoms. The summed E-state index contributed by atoms with van der Waals surface area (Å²) in [5.41, 5.74) is -1.01. The molecular weight excluding hydrogens is 394 g/mol. The third-order valence-electron chi connectivity index (χ3n) is 4.44. The van der Waals surface area contributed by atoms with Crippen LogP contribution in [0.4, 0.5) is 11.6 Å². The van der Waals surface area contributed by atoms with Crippen molar-refractivity contribution in [2.75, 3.05) is 49.6 Å². The topological polar surface area (TPSA) is 88.6 Å². The minimum atomic E-state index is -1.01. The first-order valence-corrected chi connectivity index (χ1v) is 9.93. The number of benzene rings is 1. The average Bonchev–Trinajstić information content (AvgIpc) is 2.73. The molecule has 9 heteroatoms. The Balaban J connectivity index is 1.44. The van der Waals surface area contributed by atoms with Gasteiger partial charge in [-0.25, -0.2) is 9.97 Å². The van der Waals surface area contributed by atoms with E-state index in [9.17, 15) is 4.79 Å². The molecule has 0 radical (unpaired) electrons. The third-order valence-corrected chi connectivity index (χ3v) is 4.69. The number of anilines is 2. The van der Waals surface area contributed by atoms with E-state index in [-0.39, 0.29) is 5.91 Å². The van der Waals surface area contributed by atoms with Crippen LogP contribution in [0.2, 0.25) is 5.02 Å². The number of nitrogens with zero attached hydrogens (tertiary/aromatic N) is 3. The van der Waals surface area contributed by atoms with Gasteiger partial charge in [-0.05, 0) is 38.1 Å². The van der Waals surface area contributed by atoms with Gasteiger partial charge < -0.3 is 25.0 Å². The summed E-state index contributed by atoms with van der Waals surface area (Å²) in [6, 6.07) is 8.82. The predicted octanol–water partition coefficient (Wildman–Crippen LogP) is 2.35. The molecule has 0 atom stereocenters. The lowest BCUT2D eigenvalue weighted by atomic mass is 10.1. The molecule has 2 N–H and O–H groups in total. The van der Waals surface area contributed by atoms with Gasteiger partial charge >= 0.3 is 0 Å². The number of ether oxygens (including phenoxy) is 2. The highest BCUT2D eigenvalue weighted by atomic mass is 35.5. The van der Waals surface area contributed by atoms with Crippen LogP contribution in [0.15, 0.2) is 36.7 Å². The minimum Gasteiger partial charge on any atom is -0.478 e. The summed E-state index contributed by atoms with van der Waals surface area (Å²) in [6.07, 6.45) is 1.54. The molecule has 0 spiro atoms. The SMILES string of the molecule is CC(C)(Oc1ccc(Cl)cc1)C(=O)NCCNc1cc(N2CCOCC2)ncn1. The molecule has 1 aliphatic rings. The van der Waals surface area contributed by atoms with E-state index in [1.54, 1.807) is 38.1 Å². The van der Waals surface area contributed by atoms with Gasteiger partial charge in [0.15, 0.2) is 5.60 Å². The Morgan fingerprint density at radius 3 is 2.66 bits per heavy atom. The molecule has 0 aliphatic carbocycles. The fourth-order valence-corrected chi connectivity index (χ4v) is 2.96. The number of amides is 1. The molecule has 0 unspecified atom stereocenters. The molecule has 1 aromatic heterocycles. The van der Waals surface area contributed by atoms with E-state index in [1.165, 1.54) is 6.33 Å². The number of carbonyl (C=O) groups excluding carboxylic acids is 1. The molecule has 1 saturated heterocycles. The Morgan fingerprint density at radius 1 is 1.21 bits per heavy atom. The molecule has 3 rings (SSSR count). The number of nitrogens with one attached hydrogen (secondary N) is 2. The number of halogens is 1. The second-order valence-corrected chi connectivity index (χ2v) is 7.55. The quantitative estimate of drug-likeness (QED) is 0.635. The van der Waals surface area contributed by atoms with E-state index in [2.05, 4.69) is 25.5 Å². The summed E-state index contributed by atoms with van der Waals surface area (Å²) < 4.78 is 11.2. The summed E-state index contributed by atoms with van der Waals surface area (Å²) in [4.78, 5) is 23.2. The number of aromatic nitrogens is 2. The van der Waals surface area contributed by atoms with Crippen molar-refractivity contribution in [3.8, 4) is 5.75 Å². The maximum Gasteiger partial charge on any atom is 0.263 e. The second kappa shape index (κ2) is 9.76. The maximum atomic E-state index is 12.5. The molecule has 1 aromatic carbocycles. The molecule has 0 saturated carbocycles. The lowest BCUT2D eigenvalue weighted by Crippen LogP contribution is -2.47. The van der Waals surface area contributed by atoms with Crippen molar-refractivity contribution in [1.29, 1.82) is 0 Å². The lowest BCUT2D eigenvalue weighted by molar-refractivity contribution is -0.134. The summed E-state index contributed by atoms with van der Waals surface area (Å²) in [5.74, 6) is 1.97. The van der Waals surface area contributed by atoms with Crippen molar-refractivity contribution in [2.24, 2.45) is 0 Å². The Bertz CT molecular complexity index is 810. The number of morpholine rings is 1. The normalized spacial score (nSPS) is 14.4. The van der Waals surface area contributed by atoms with E-state index >= 15 is 0 Å². The van der Waals surface area contributed by atoms with Crippen LogP contribution in [0.3, 0.4) is 0 Å². The van der Waals surface area contributed by atoms with Crippen LogP contribution < -0.4 is 20.3 Å². The van der Waals surface area contributed by atoms with Crippen LogP contribution in [0.25, 0.3) is 0 Å². The average molecular weight is 420 g/mol. The number of hydrogen-bond acceptors (Lipinski definition) is 7. The predicted molar refractivity (Wildman–Crippen MR) is 113 cm³/mol. The Hall–Kier alpha value is -2.58. The van der Waals surface area contributed by atoms with E-state index < -0.39 is 5.60 Å². The fourth-order valence-electron chi connectivity index (χ4n) is 2.83. The molecule has 2 heterocycles. The Kier molecular flexibility index (Phi) is 7.11. The van der Waals surface area contributed by atoms with E-state index in [0.717, 1.165) is 18.9 Å². The molecule has 1 amide bonds. The largest absolute Gasteiger partial charge is 0.478 e. The van der Waals surface area contributed by atoms with Crippen molar-refractivity contribution in [3.05, 3.63) is 41.7 Å². The molecule has 1 fully saturated rings. The van der Waals surface area contributed by atoms with Crippen molar-refractivity contribution < 1.29 is 14.3 Å². The third kappa shape index (κ3) is 6.20. The van der Waals surface area contributed by atoms with E-state index in [4.69, 9.17) is 21.1 Å². The fraction of sp³-hybridized carbons (Fsp3) is 0.450. The van der Waals surface area contributed by atoms with Gasteiger partial charge in [-0.2, -0.15) is 0 Å². The van der Waals surface area contributed by atoms with Gasteiger partial charge in [-0.15, -0.1) is 0 Å². The number of hydrogen-bond donors (Lipinski definition) is 2. The summed E-state index contributed by atoms with van der Waals surface area (Å²) >= 11 is 5.88.